The van der Waals surface area contributed by atoms with Crippen LogP contribution in [0, 0.1) is 0 Å². The Balaban J connectivity index is 0.00000280. The molecule has 0 radical (unpaired) electrons. The Labute approximate surface area is 182 Å². The van der Waals surface area contributed by atoms with Gasteiger partial charge in [-0.1, -0.05) is 29.3 Å². The predicted molar refractivity (Wildman–Crippen MR) is 117 cm³/mol. The molecule has 1 aromatic heterocycles. The summed E-state index contributed by atoms with van der Waals surface area (Å²) in [5.41, 5.74) is 1.65. The number of carbonyl (C=O) groups is 1. The molecule has 28 heavy (non-hydrogen) atoms. The van der Waals surface area contributed by atoms with E-state index in [4.69, 9.17) is 23.2 Å². The zero-order chi connectivity index (χ0) is 19.8. The Hall–Kier alpha value is -1.40. The fourth-order valence-corrected chi connectivity index (χ4v) is 4.28. The van der Waals surface area contributed by atoms with E-state index in [0.29, 0.717) is 21.4 Å². The van der Waals surface area contributed by atoms with Crippen molar-refractivity contribution in [1.82, 2.24) is 20.6 Å². The number of nitrogens with zero attached hydrogens (tertiary/aromatic N) is 2. The molecule has 1 saturated heterocycles. The lowest BCUT2D eigenvalue weighted by atomic mass is 9.79. The highest BCUT2D eigenvalue weighted by Crippen LogP contribution is 2.29. The van der Waals surface area contributed by atoms with Crippen LogP contribution in [-0.2, 0) is 0 Å². The van der Waals surface area contributed by atoms with Crippen LogP contribution < -0.4 is 10.6 Å². The molecule has 0 atom stereocenters. The maximum atomic E-state index is 12.8. The molecular formula is C20H25Cl3N4O. The van der Waals surface area contributed by atoms with Crippen LogP contribution in [0.2, 0.25) is 10.0 Å². The van der Waals surface area contributed by atoms with Gasteiger partial charge in [0.05, 0.1) is 15.7 Å². The summed E-state index contributed by atoms with van der Waals surface area (Å²) in [5.74, 6) is -0.197. The molecule has 1 aromatic carbocycles. The summed E-state index contributed by atoms with van der Waals surface area (Å²) in [6, 6.07) is 7.00. The van der Waals surface area contributed by atoms with Crippen molar-refractivity contribution in [2.24, 2.45) is 0 Å². The summed E-state index contributed by atoms with van der Waals surface area (Å²) in [5, 5.41) is 7.66. The molecule has 0 spiro atoms. The SMILES string of the molecule is CC1(C)CC(NC(=O)c2cc(-c3ccc(Cl)c(Cl)c3)ncn2)CC(C)(C)N1.Cl. The third kappa shape index (κ3) is 5.57. The van der Waals surface area contributed by atoms with Gasteiger partial charge in [0.2, 0.25) is 0 Å². The third-order valence-corrected chi connectivity index (χ3v) is 5.38. The average Bonchev–Trinajstić information content (AvgIpc) is 2.54. The maximum Gasteiger partial charge on any atom is 0.270 e. The molecule has 1 aliphatic heterocycles. The molecule has 1 fully saturated rings. The first-order chi connectivity index (χ1) is 12.5. The van der Waals surface area contributed by atoms with Gasteiger partial charge >= 0.3 is 0 Å². The summed E-state index contributed by atoms with van der Waals surface area (Å²) < 4.78 is 0. The summed E-state index contributed by atoms with van der Waals surface area (Å²) in [7, 11) is 0. The van der Waals surface area contributed by atoms with Crippen LogP contribution in [-0.4, -0.2) is 33.0 Å². The van der Waals surface area contributed by atoms with Crippen molar-refractivity contribution in [1.29, 1.82) is 0 Å². The first-order valence-electron chi connectivity index (χ1n) is 8.92. The van der Waals surface area contributed by atoms with E-state index in [1.165, 1.54) is 6.33 Å². The maximum absolute atomic E-state index is 12.8. The van der Waals surface area contributed by atoms with Crippen molar-refractivity contribution in [3.05, 3.63) is 46.3 Å². The second-order valence-corrected chi connectivity index (χ2v) is 9.20. The molecular weight excluding hydrogens is 419 g/mol. The summed E-state index contributed by atoms with van der Waals surface area (Å²) in [4.78, 5) is 21.2. The largest absolute Gasteiger partial charge is 0.348 e. The van der Waals surface area contributed by atoms with Crippen LogP contribution in [0.5, 0.6) is 0 Å². The molecule has 0 aliphatic carbocycles. The number of hydrogen-bond donors (Lipinski definition) is 2. The predicted octanol–water partition coefficient (Wildman–Crippen LogP) is 4.91. The van der Waals surface area contributed by atoms with Crippen LogP contribution in [0.25, 0.3) is 11.3 Å². The number of amides is 1. The third-order valence-electron chi connectivity index (χ3n) is 4.64. The van der Waals surface area contributed by atoms with Crippen molar-refractivity contribution in [2.45, 2.75) is 57.7 Å². The zero-order valence-corrected chi connectivity index (χ0v) is 18.7. The number of rotatable bonds is 3. The van der Waals surface area contributed by atoms with Crippen molar-refractivity contribution < 1.29 is 4.79 Å². The Morgan fingerprint density at radius 2 is 1.71 bits per heavy atom. The van der Waals surface area contributed by atoms with Gasteiger partial charge in [-0.2, -0.15) is 0 Å². The van der Waals surface area contributed by atoms with E-state index in [9.17, 15) is 4.79 Å². The molecule has 2 N–H and O–H groups in total. The van der Waals surface area contributed by atoms with Crippen molar-refractivity contribution >= 4 is 41.5 Å². The number of hydrogen-bond acceptors (Lipinski definition) is 4. The summed E-state index contributed by atoms with van der Waals surface area (Å²) in [6.45, 7) is 8.61. The molecule has 1 aliphatic rings. The second-order valence-electron chi connectivity index (χ2n) is 8.39. The monoisotopic (exact) mass is 442 g/mol. The Bertz CT molecular complexity index is 854. The minimum Gasteiger partial charge on any atom is -0.348 e. The van der Waals surface area contributed by atoms with Gasteiger partial charge in [0.15, 0.2) is 0 Å². The Morgan fingerprint density at radius 1 is 1.07 bits per heavy atom. The first-order valence-corrected chi connectivity index (χ1v) is 9.68. The van der Waals surface area contributed by atoms with Crippen molar-refractivity contribution in [2.75, 3.05) is 0 Å². The lowest BCUT2D eigenvalue weighted by molar-refractivity contribution is 0.0868. The molecule has 1 amide bonds. The van der Waals surface area contributed by atoms with Crippen molar-refractivity contribution in [3.63, 3.8) is 0 Å². The topological polar surface area (TPSA) is 66.9 Å². The van der Waals surface area contributed by atoms with Crippen LogP contribution in [0.1, 0.15) is 51.0 Å². The zero-order valence-electron chi connectivity index (χ0n) is 16.3. The highest BCUT2D eigenvalue weighted by molar-refractivity contribution is 6.42. The minimum atomic E-state index is -0.197. The highest BCUT2D eigenvalue weighted by Gasteiger charge is 2.38. The molecule has 0 saturated carbocycles. The van der Waals surface area contributed by atoms with Crippen LogP contribution >= 0.6 is 35.6 Å². The van der Waals surface area contributed by atoms with E-state index in [1.54, 1.807) is 18.2 Å². The highest BCUT2D eigenvalue weighted by atomic mass is 35.5. The molecule has 5 nitrogen and oxygen atoms in total. The van der Waals surface area contributed by atoms with E-state index in [2.05, 4.69) is 48.3 Å². The Kier molecular flexibility index (Phi) is 6.98. The van der Waals surface area contributed by atoms with Gasteiger partial charge in [-0.3, -0.25) is 4.79 Å². The lowest BCUT2D eigenvalue weighted by Gasteiger charge is -2.46. The number of carbonyl (C=O) groups excluding carboxylic acids is 1. The minimum absolute atomic E-state index is 0. The van der Waals surface area contributed by atoms with Gasteiger partial charge in [0.25, 0.3) is 5.91 Å². The van der Waals surface area contributed by atoms with Crippen LogP contribution in [0.4, 0.5) is 0 Å². The summed E-state index contributed by atoms with van der Waals surface area (Å²) >= 11 is 12.1. The van der Waals surface area contributed by atoms with Crippen LogP contribution in [0.15, 0.2) is 30.6 Å². The molecule has 8 heteroatoms. The van der Waals surface area contributed by atoms with E-state index in [0.717, 1.165) is 18.4 Å². The van der Waals surface area contributed by atoms with Gasteiger partial charge < -0.3 is 10.6 Å². The lowest BCUT2D eigenvalue weighted by Crippen LogP contribution is -2.62. The van der Waals surface area contributed by atoms with E-state index in [-0.39, 0.29) is 35.4 Å². The number of halogens is 3. The first kappa shape index (κ1) is 22.9. The molecule has 2 aromatic rings. The van der Waals surface area contributed by atoms with Gasteiger partial charge in [0.1, 0.15) is 12.0 Å². The van der Waals surface area contributed by atoms with Crippen molar-refractivity contribution in [3.8, 4) is 11.3 Å². The number of piperidine rings is 1. The standard InChI is InChI=1S/C20H24Cl2N4O.ClH/c1-19(2)9-13(10-20(3,4)26-19)25-18(27)17-8-16(23-11-24-17)12-5-6-14(21)15(22)7-12;/h5-8,11,13,26H,9-10H2,1-4H3,(H,25,27);1H. The van der Waals surface area contributed by atoms with E-state index in [1.807, 2.05) is 6.07 Å². The molecule has 3 rings (SSSR count). The van der Waals surface area contributed by atoms with Gasteiger partial charge in [0, 0.05) is 22.7 Å². The fourth-order valence-electron chi connectivity index (χ4n) is 3.98. The number of aromatic nitrogens is 2. The van der Waals surface area contributed by atoms with Gasteiger partial charge in [-0.05, 0) is 58.7 Å². The quantitative estimate of drug-likeness (QED) is 0.707. The average molecular weight is 444 g/mol. The van der Waals surface area contributed by atoms with E-state index >= 15 is 0 Å². The molecule has 2 heterocycles. The molecule has 0 bridgehead atoms. The molecule has 152 valence electrons. The van der Waals surface area contributed by atoms with Gasteiger partial charge in [-0.25, -0.2) is 9.97 Å². The second kappa shape index (κ2) is 8.54. The fraction of sp³-hybridized carbons (Fsp3) is 0.450. The number of benzene rings is 1. The van der Waals surface area contributed by atoms with Crippen LogP contribution in [0.3, 0.4) is 0 Å². The molecule has 0 unspecified atom stereocenters. The smallest absolute Gasteiger partial charge is 0.270 e. The summed E-state index contributed by atoms with van der Waals surface area (Å²) in [6.07, 6.45) is 3.10. The normalized spacial score (nSPS) is 18.2. The Morgan fingerprint density at radius 3 is 2.32 bits per heavy atom. The van der Waals surface area contributed by atoms with E-state index < -0.39 is 0 Å². The number of nitrogens with one attached hydrogen (secondary N) is 2. The van der Waals surface area contributed by atoms with Gasteiger partial charge in [-0.15, -0.1) is 12.4 Å².